The molecule has 0 aromatic heterocycles. The van der Waals surface area contributed by atoms with E-state index in [1.165, 1.54) is 43.7 Å². The molecule has 0 radical (unpaired) electrons. The van der Waals surface area contributed by atoms with Crippen LogP contribution in [-0.2, 0) is 0 Å². The van der Waals surface area contributed by atoms with Gasteiger partial charge in [-0.3, -0.25) is 0 Å². The minimum absolute atomic E-state index is 0.387. The first-order chi connectivity index (χ1) is 9.54. The monoisotopic (exact) mass is 292 g/mol. The van der Waals surface area contributed by atoms with Crippen molar-refractivity contribution in [3.8, 4) is 0 Å². The molecule has 0 spiro atoms. The van der Waals surface area contributed by atoms with Crippen LogP contribution in [0.1, 0.15) is 60.9 Å². The van der Waals surface area contributed by atoms with Gasteiger partial charge in [-0.1, -0.05) is 57.5 Å². The van der Waals surface area contributed by atoms with Gasteiger partial charge in [-0.25, -0.2) is 4.79 Å². The lowest BCUT2D eigenvalue weighted by molar-refractivity contribution is 0.0697. The summed E-state index contributed by atoms with van der Waals surface area (Å²) in [6.45, 7) is 7.04. The van der Waals surface area contributed by atoms with Crippen molar-refractivity contribution >= 4 is 14.8 Å². The van der Waals surface area contributed by atoms with Crippen molar-refractivity contribution in [1.82, 2.24) is 0 Å². The van der Waals surface area contributed by atoms with Crippen LogP contribution in [0.4, 0.5) is 0 Å². The molecule has 0 bridgehead atoms. The molecule has 0 saturated carbocycles. The molecule has 1 aromatic carbocycles. The Morgan fingerprint density at radius 1 is 1.15 bits per heavy atom. The van der Waals surface area contributed by atoms with Crippen molar-refractivity contribution in [3.05, 3.63) is 35.4 Å². The molecule has 1 unspecified atom stereocenters. The third kappa shape index (κ3) is 5.91. The lowest BCUT2D eigenvalue weighted by atomic mass is 9.89. The van der Waals surface area contributed by atoms with Gasteiger partial charge in [-0.15, -0.1) is 0 Å². The number of carboxylic acids is 1. The largest absolute Gasteiger partial charge is 0.478 e. The van der Waals surface area contributed by atoms with E-state index in [9.17, 15) is 4.79 Å². The first kappa shape index (κ1) is 17.0. The Morgan fingerprint density at radius 3 is 2.25 bits per heavy atom. The highest BCUT2D eigenvalue weighted by molar-refractivity contribution is 6.55. The summed E-state index contributed by atoms with van der Waals surface area (Å²) in [7, 11) is -0.450. The Labute approximate surface area is 124 Å². The third-order valence-corrected chi connectivity index (χ3v) is 5.43. The van der Waals surface area contributed by atoms with Crippen LogP contribution in [0.15, 0.2) is 24.3 Å². The van der Waals surface area contributed by atoms with E-state index in [2.05, 4.69) is 20.0 Å². The predicted molar refractivity (Wildman–Crippen MR) is 88.6 cm³/mol. The molecule has 0 aliphatic rings. The minimum atomic E-state index is -0.840. The number of unbranched alkanes of at least 4 members (excludes halogenated alkanes) is 1. The van der Waals surface area contributed by atoms with Gasteiger partial charge in [0, 0.05) is 8.80 Å². The van der Waals surface area contributed by atoms with Gasteiger partial charge in [0.2, 0.25) is 0 Å². The van der Waals surface area contributed by atoms with Gasteiger partial charge >= 0.3 is 5.97 Å². The maximum absolute atomic E-state index is 10.9. The highest BCUT2D eigenvalue weighted by atomic mass is 28.3. The van der Waals surface area contributed by atoms with E-state index in [0.717, 1.165) is 0 Å². The zero-order valence-electron chi connectivity index (χ0n) is 13.1. The Kier molecular flexibility index (Phi) is 7.59. The van der Waals surface area contributed by atoms with Crippen LogP contribution in [0.5, 0.6) is 0 Å². The maximum atomic E-state index is 10.9. The Bertz CT molecular complexity index is 398. The standard InChI is InChI=1S/C17H28O2Si/c1-4-5-7-14(8-6-13-20(2)3)15-9-11-16(12-10-15)17(18)19/h9-12,14,20H,4-8,13H2,1-3H3,(H,18,19). The van der Waals surface area contributed by atoms with Crippen LogP contribution in [0.2, 0.25) is 19.1 Å². The van der Waals surface area contributed by atoms with Crippen LogP contribution >= 0.6 is 0 Å². The maximum Gasteiger partial charge on any atom is 0.335 e. The molecule has 112 valence electrons. The second kappa shape index (κ2) is 8.96. The first-order valence-corrected chi connectivity index (χ1v) is 11.0. The third-order valence-electron chi connectivity index (χ3n) is 3.87. The number of hydrogen-bond acceptors (Lipinski definition) is 1. The van der Waals surface area contributed by atoms with Crippen LogP contribution < -0.4 is 0 Å². The quantitative estimate of drug-likeness (QED) is 0.655. The average molecular weight is 292 g/mol. The van der Waals surface area contributed by atoms with Crippen molar-refractivity contribution < 1.29 is 9.90 Å². The SMILES string of the molecule is CCCCC(CCC[SiH](C)C)c1ccc(C(=O)O)cc1. The summed E-state index contributed by atoms with van der Waals surface area (Å²) in [5, 5.41) is 8.96. The Hall–Kier alpha value is -1.09. The van der Waals surface area contributed by atoms with E-state index < -0.39 is 14.8 Å². The van der Waals surface area contributed by atoms with Crippen molar-refractivity contribution in [2.45, 2.75) is 64.1 Å². The number of carboxylic acid groups (broad SMARTS) is 1. The normalized spacial score (nSPS) is 12.6. The number of hydrogen-bond donors (Lipinski definition) is 1. The number of aromatic carboxylic acids is 1. The van der Waals surface area contributed by atoms with Crippen molar-refractivity contribution in [2.24, 2.45) is 0 Å². The van der Waals surface area contributed by atoms with E-state index in [1.807, 2.05) is 12.1 Å². The highest BCUT2D eigenvalue weighted by Crippen LogP contribution is 2.28. The molecular formula is C17H28O2Si. The molecule has 0 amide bonds. The summed E-state index contributed by atoms with van der Waals surface area (Å²) < 4.78 is 0. The first-order valence-electron chi connectivity index (χ1n) is 7.87. The Balaban J connectivity index is 2.67. The average Bonchev–Trinajstić information content (AvgIpc) is 2.42. The molecular weight excluding hydrogens is 264 g/mol. The van der Waals surface area contributed by atoms with Crippen LogP contribution in [-0.4, -0.2) is 19.9 Å². The van der Waals surface area contributed by atoms with Gasteiger partial charge in [-0.05, 0) is 36.5 Å². The van der Waals surface area contributed by atoms with Gasteiger partial charge in [0.25, 0.3) is 0 Å². The van der Waals surface area contributed by atoms with Crippen molar-refractivity contribution in [3.63, 3.8) is 0 Å². The summed E-state index contributed by atoms with van der Waals surface area (Å²) in [5.41, 5.74) is 1.70. The number of rotatable bonds is 9. The predicted octanol–water partition coefficient (Wildman–Crippen LogP) is 4.93. The summed E-state index contributed by atoms with van der Waals surface area (Å²) >= 11 is 0. The van der Waals surface area contributed by atoms with Crippen molar-refractivity contribution in [2.75, 3.05) is 0 Å². The van der Waals surface area contributed by atoms with E-state index >= 15 is 0 Å². The second-order valence-corrected chi connectivity index (χ2v) is 9.46. The Morgan fingerprint density at radius 2 is 1.75 bits per heavy atom. The van der Waals surface area contributed by atoms with E-state index in [1.54, 1.807) is 12.1 Å². The molecule has 0 heterocycles. The molecule has 3 heteroatoms. The fourth-order valence-electron chi connectivity index (χ4n) is 2.60. The lowest BCUT2D eigenvalue weighted by Gasteiger charge is -2.18. The molecule has 0 aliphatic carbocycles. The molecule has 1 aromatic rings. The summed E-state index contributed by atoms with van der Waals surface area (Å²) in [5.74, 6) is -0.238. The molecule has 1 rings (SSSR count). The van der Waals surface area contributed by atoms with Crippen LogP contribution in [0, 0.1) is 0 Å². The summed E-state index contributed by atoms with van der Waals surface area (Å²) in [6, 6.07) is 8.92. The smallest absolute Gasteiger partial charge is 0.335 e. The second-order valence-electron chi connectivity index (χ2n) is 6.09. The number of benzene rings is 1. The summed E-state index contributed by atoms with van der Waals surface area (Å²) in [4.78, 5) is 10.9. The molecule has 0 aliphatic heterocycles. The molecule has 1 atom stereocenters. The van der Waals surface area contributed by atoms with Crippen molar-refractivity contribution in [1.29, 1.82) is 0 Å². The molecule has 2 nitrogen and oxygen atoms in total. The highest BCUT2D eigenvalue weighted by Gasteiger charge is 2.12. The van der Waals surface area contributed by atoms with Gasteiger partial charge in [0.1, 0.15) is 0 Å². The van der Waals surface area contributed by atoms with E-state index in [0.29, 0.717) is 11.5 Å². The fraction of sp³-hybridized carbons (Fsp3) is 0.588. The topological polar surface area (TPSA) is 37.3 Å². The molecule has 0 saturated heterocycles. The van der Waals surface area contributed by atoms with Gasteiger partial charge in [-0.2, -0.15) is 0 Å². The van der Waals surface area contributed by atoms with E-state index in [-0.39, 0.29) is 0 Å². The zero-order chi connectivity index (χ0) is 15.0. The number of carbonyl (C=O) groups is 1. The lowest BCUT2D eigenvalue weighted by Crippen LogP contribution is -2.04. The van der Waals surface area contributed by atoms with Crippen LogP contribution in [0.25, 0.3) is 0 Å². The minimum Gasteiger partial charge on any atom is -0.478 e. The fourth-order valence-corrected chi connectivity index (χ4v) is 3.65. The molecule has 0 fully saturated rings. The van der Waals surface area contributed by atoms with Gasteiger partial charge in [0.05, 0.1) is 5.56 Å². The van der Waals surface area contributed by atoms with Gasteiger partial charge in [0.15, 0.2) is 0 Å². The zero-order valence-corrected chi connectivity index (χ0v) is 14.2. The summed E-state index contributed by atoms with van der Waals surface area (Å²) in [6.07, 6.45) is 6.27. The molecule has 1 N–H and O–H groups in total. The molecule has 20 heavy (non-hydrogen) atoms. The van der Waals surface area contributed by atoms with Crippen LogP contribution in [0.3, 0.4) is 0 Å². The van der Waals surface area contributed by atoms with E-state index in [4.69, 9.17) is 5.11 Å². The van der Waals surface area contributed by atoms with Gasteiger partial charge < -0.3 is 5.11 Å².